The lowest BCUT2D eigenvalue weighted by Crippen LogP contribution is -2.44. The first-order chi connectivity index (χ1) is 10.6. The van der Waals surface area contributed by atoms with E-state index in [1.54, 1.807) is 0 Å². The number of nitrogens with one attached hydrogen (secondary N) is 1. The normalized spacial score (nSPS) is 31.2. The van der Waals surface area contributed by atoms with Crippen LogP contribution in [-0.2, 0) is 4.74 Å². The third-order valence-corrected chi connectivity index (χ3v) is 5.30. The minimum Gasteiger partial charge on any atom is -0.444 e. The van der Waals surface area contributed by atoms with Crippen molar-refractivity contribution in [2.24, 2.45) is 17.3 Å². The fraction of sp³-hybridized carbons (Fsp3) is 0.947. The minimum absolute atomic E-state index is 0.159. The molecule has 4 heteroatoms. The summed E-state index contributed by atoms with van der Waals surface area (Å²) in [4.78, 5) is 14.0. The van der Waals surface area contributed by atoms with Crippen LogP contribution in [-0.4, -0.2) is 42.3 Å². The molecule has 2 aliphatic rings. The molecule has 3 atom stereocenters. The van der Waals surface area contributed by atoms with Gasteiger partial charge in [0.2, 0.25) is 0 Å². The van der Waals surface area contributed by atoms with E-state index >= 15 is 0 Å². The summed E-state index contributed by atoms with van der Waals surface area (Å²) in [5.41, 5.74) is 0.0935. The summed E-state index contributed by atoms with van der Waals surface area (Å²) < 4.78 is 5.47. The molecule has 0 aromatic rings. The van der Waals surface area contributed by atoms with Gasteiger partial charge in [-0.15, -0.1) is 0 Å². The van der Waals surface area contributed by atoms with Gasteiger partial charge in [0, 0.05) is 19.1 Å². The Morgan fingerprint density at radius 3 is 2.61 bits per heavy atom. The average Bonchev–Trinajstić information content (AvgIpc) is 2.83. The number of hydrogen-bond acceptors (Lipinski definition) is 3. The largest absolute Gasteiger partial charge is 0.444 e. The van der Waals surface area contributed by atoms with Crippen LogP contribution in [0.5, 0.6) is 0 Å². The zero-order valence-electron chi connectivity index (χ0n) is 15.9. The summed E-state index contributed by atoms with van der Waals surface area (Å²) in [5, 5.41) is 3.78. The van der Waals surface area contributed by atoms with Gasteiger partial charge >= 0.3 is 6.09 Å². The second-order valence-corrected chi connectivity index (χ2v) is 9.48. The van der Waals surface area contributed by atoms with Crippen LogP contribution >= 0.6 is 0 Å². The predicted molar refractivity (Wildman–Crippen MR) is 94.5 cm³/mol. The molecule has 1 aliphatic heterocycles. The molecular formula is C19H36N2O2. The summed E-state index contributed by atoms with van der Waals surface area (Å²) in [6.45, 7) is 15.6. The Bertz CT molecular complexity index is 414. The van der Waals surface area contributed by atoms with Crippen molar-refractivity contribution in [1.82, 2.24) is 10.2 Å². The first-order valence-corrected chi connectivity index (χ1v) is 9.27. The molecule has 2 fully saturated rings. The standard InChI is InChI=1S/C19H36N2O2/c1-14-11-19(5,6)9-7-16(14)20-12-15-8-10-21(13-15)17(22)23-18(2,3)4/h14-16,20H,7-13H2,1-6H3. The molecule has 3 unspecified atom stereocenters. The van der Waals surface area contributed by atoms with E-state index in [2.05, 4.69) is 26.1 Å². The molecule has 1 saturated carbocycles. The lowest BCUT2D eigenvalue weighted by Gasteiger charge is -2.40. The zero-order valence-corrected chi connectivity index (χ0v) is 15.9. The Morgan fingerprint density at radius 1 is 1.30 bits per heavy atom. The van der Waals surface area contributed by atoms with Gasteiger partial charge in [-0.3, -0.25) is 0 Å². The lowest BCUT2D eigenvalue weighted by molar-refractivity contribution is 0.0287. The van der Waals surface area contributed by atoms with E-state index in [-0.39, 0.29) is 6.09 Å². The van der Waals surface area contributed by atoms with Crippen molar-refractivity contribution in [2.75, 3.05) is 19.6 Å². The van der Waals surface area contributed by atoms with Gasteiger partial charge in [-0.2, -0.15) is 0 Å². The van der Waals surface area contributed by atoms with Gasteiger partial charge in [-0.25, -0.2) is 4.79 Å². The summed E-state index contributed by atoms with van der Waals surface area (Å²) in [7, 11) is 0. The van der Waals surface area contributed by atoms with Crippen LogP contribution in [0.3, 0.4) is 0 Å². The van der Waals surface area contributed by atoms with Gasteiger partial charge in [0.25, 0.3) is 0 Å². The number of nitrogens with zero attached hydrogens (tertiary/aromatic N) is 1. The van der Waals surface area contributed by atoms with Crippen LogP contribution in [0.2, 0.25) is 0 Å². The van der Waals surface area contributed by atoms with Gasteiger partial charge in [0.05, 0.1) is 0 Å². The molecule has 0 bridgehead atoms. The molecule has 134 valence electrons. The average molecular weight is 325 g/mol. The first kappa shape index (κ1) is 18.6. The number of likely N-dealkylation sites (tertiary alicyclic amines) is 1. The Kier molecular flexibility index (Phi) is 5.65. The highest BCUT2D eigenvalue weighted by Crippen LogP contribution is 2.38. The van der Waals surface area contributed by atoms with Crippen molar-refractivity contribution in [3.05, 3.63) is 0 Å². The van der Waals surface area contributed by atoms with E-state index in [0.717, 1.165) is 32.0 Å². The van der Waals surface area contributed by atoms with E-state index in [4.69, 9.17) is 4.74 Å². The van der Waals surface area contributed by atoms with Crippen LogP contribution in [0.15, 0.2) is 0 Å². The minimum atomic E-state index is -0.405. The maximum atomic E-state index is 12.1. The highest BCUT2D eigenvalue weighted by Gasteiger charge is 2.34. The fourth-order valence-corrected chi connectivity index (χ4v) is 4.06. The molecule has 2 rings (SSSR count). The zero-order chi connectivity index (χ0) is 17.3. The summed E-state index contributed by atoms with van der Waals surface area (Å²) in [6.07, 6.45) is 4.81. The molecule has 1 N–H and O–H groups in total. The SMILES string of the molecule is CC1CC(C)(C)CCC1NCC1CCN(C(=O)OC(C)(C)C)C1. The molecule has 0 aromatic carbocycles. The fourth-order valence-electron chi connectivity index (χ4n) is 4.06. The summed E-state index contributed by atoms with van der Waals surface area (Å²) in [6, 6.07) is 0.638. The van der Waals surface area contributed by atoms with Gasteiger partial charge in [-0.1, -0.05) is 20.8 Å². The maximum absolute atomic E-state index is 12.1. The topological polar surface area (TPSA) is 41.6 Å². The number of ether oxygens (including phenoxy) is 1. The van der Waals surface area contributed by atoms with Crippen molar-refractivity contribution < 1.29 is 9.53 Å². The van der Waals surface area contributed by atoms with E-state index in [1.807, 2.05) is 25.7 Å². The Hall–Kier alpha value is -0.770. The predicted octanol–water partition coefficient (Wildman–Crippen LogP) is 4.05. The van der Waals surface area contributed by atoms with Crippen molar-refractivity contribution in [3.63, 3.8) is 0 Å². The second kappa shape index (κ2) is 7.00. The lowest BCUT2D eigenvalue weighted by atomic mass is 9.70. The number of rotatable bonds is 3. The molecule has 0 aromatic heterocycles. The molecule has 4 nitrogen and oxygen atoms in total. The molecular weight excluding hydrogens is 288 g/mol. The highest BCUT2D eigenvalue weighted by atomic mass is 16.6. The summed E-state index contributed by atoms with van der Waals surface area (Å²) >= 11 is 0. The number of carbonyl (C=O) groups excluding carboxylic acids is 1. The first-order valence-electron chi connectivity index (χ1n) is 9.27. The van der Waals surface area contributed by atoms with Crippen LogP contribution in [0, 0.1) is 17.3 Å². The number of hydrogen-bond donors (Lipinski definition) is 1. The Labute approximate surface area is 142 Å². The third kappa shape index (κ3) is 5.66. The van der Waals surface area contributed by atoms with E-state index in [9.17, 15) is 4.79 Å². The van der Waals surface area contributed by atoms with Gasteiger partial charge in [-0.05, 0) is 70.3 Å². The molecule has 1 aliphatic carbocycles. The third-order valence-electron chi connectivity index (χ3n) is 5.30. The quantitative estimate of drug-likeness (QED) is 0.851. The Morgan fingerprint density at radius 2 is 2.00 bits per heavy atom. The van der Waals surface area contributed by atoms with Crippen molar-refractivity contribution in [1.29, 1.82) is 0 Å². The van der Waals surface area contributed by atoms with E-state index < -0.39 is 5.60 Å². The van der Waals surface area contributed by atoms with Crippen molar-refractivity contribution in [2.45, 2.75) is 78.9 Å². The van der Waals surface area contributed by atoms with Gasteiger partial charge in [0.1, 0.15) is 5.60 Å². The van der Waals surface area contributed by atoms with Gasteiger partial charge in [0.15, 0.2) is 0 Å². The highest BCUT2D eigenvalue weighted by molar-refractivity contribution is 5.68. The molecule has 23 heavy (non-hydrogen) atoms. The van der Waals surface area contributed by atoms with Crippen molar-refractivity contribution >= 4 is 6.09 Å². The molecule has 0 radical (unpaired) electrons. The van der Waals surface area contributed by atoms with Gasteiger partial charge < -0.3 is 15.0 Å². The maximum Gasteiger partial charge on any atom is 0.410 e. The van der Waals surface area contributed by atoms with Crippen LogP contribution in [0.1, 0.15) is 67.2 Å². The van der Waals surface area contributed by atoms with Crippen molar-refractivity contribution in [3.8, 4) is 0 Å². The molecule has 1 amide bonds. The number of carbonyl (C=O) groups is 1. The van der Waals surface area contributed by atoms with E-state index in [0.29, 0.717) is 17.4 Å². The van der Waals surface area contributed by atoms with E-state index in [1.165, 1.54) is 19.3 Å². The molecule has 0 spiro atoms. The second-order valence-electron chi connectivity index (χ2n) is 9.48. The Balaban J connectivity index is 1.73. The number of amides is 1. The summed E-state index contributed by atoms with van der Waals surface area (Å²) in [5.74, 6) is 1.30. The monoisotopic (exact) mass is 324 g/mol. The molecule has 1 heterocycles. The van der Waals surface area contributed by atoms with Crippen LogP contribution in [0.25, 0.3) is 0 Å². The van der Waals surface area contributed by atoms with Crippen LogP contribution < -0.4 is 5.32 Å². The smallest absolute Gasteiger partial charge is 0.410 e. The molecule has 1 saturated heterocycles. The van der Waals surface area contributed by atoms with Crippen LogP contribution in [0.4, 0.5) is 4.79 Å².